The van der Waals surface area contributed by atoms with Gasteiger partial charge in [0, 0.05) is 24.3 Å². The molecule has 0 fully saturated rings. The lowest BCUT2D eigenvalue weighted by Crippen LogP contribution is -2.20. The van der Waals surface area contributed by atoms with Crippen molar-refractivity contribution >= 4 is 17.1 Å². The van der Waals surface area contributed by atoms with Gasteiger partial charge < -0.3 is 0 Å². The van der Waals surface area contributed by atoms with Crippen LogP contribution in [0.15, 0.2) is 58.9 Å². The lowest BCUT2D eigenvalue weighted by molar-refractivity contribution is -0.385. The number of non-ortho nitro benzene ring substituents is 2. The highest BCUT2D eigenvalue weighted by Gasteiger charge is 2.26. The lowest BCUT2D eigenvalue weighted by Gasteiger charge is -2.21. The van der Waals surface area contributed by atoms with Gasteiger partial charge in [-0.2, -0.15) is 5.11 Å². The van der Waals surface area contributed by atoms with Gasteiger partial charge in [0.15, 0.2) is 0 Å². The maximum Gasteiger partial charge on any atom is 0.269 e. The molecule has 0 bridgehead atoms. The van der Waals surface area contributed by atoms with Gasteiger partial charge in [-0.05, 0) is 29.8 Å². The van der Waals surface area contributed by atoms with E-state index in [1.54, 1.807) is 29.3 Å². The second-order valence-electron chi connectivity index (χ2n) is 4.90. The minimum absolute atomic E-state index is 0.00299. The maximum absolute atomic E-state index is 10.7. The second-order valence-corrected chi connectivity index (χ2v) is 4.90. The Morgan fingerprint density at radius 3 is 1.96 bits per heavy atom. The molecule has 0 radical (unpaired) electrons. The third-order valence-corrected chi connectivity index (χ3v) is 3.52. The number of nitro groups is 2. The van der Waals surface area contributed by atoms with Crippen LogP contribution in [-0.4, -0.2) is 16.4 Å². The molecule has 0 spiro atoms. The quantitative estimate of drug-likeness (QED) is 0.633. The lowest BCUT2D eigenvalue weighted by atomic mass is 10.1. The minimum Gasteiger partial charge on any atom is -0.258 e. The van der Waals surface area contributed by atoms with Gasteiger partial charge in [-0.1, -0.05) is 5.22 Å². The van der Waals surface area contributed by atoms with Crippen molar-refractivity contribution < 1.29 is 9.85 Å². The van der Waals surface area contributed by atoms with Crippen LogP contribution in [0.25, 0.3) is 0 Å². The normalized spacial score (nSPS) is 16.5. The van der Waals surface area contributed by atoms with E-state index < -0.39 is 9.85 Å². The highest BCUT2D eigenvalue weighted by molar-refractivity contribution is 5.53. The molecule has 0 amide bonds. The summed E-state index contributed by atoms with van der Waals surface area (Å²) in [6.07, 6.45) is 0. The van der Waals surface area contributed by atoms with Crippen molar-refractivity contribution in [1.82, 2.24) is 0 Å². The molecule has 0 N–H and O–H groups in total. The Labute approximate surface area is 130 Å². The van der Waals surface area contributed by atoms with Crippen LogP contribution in [0.2, 0.25) is 0 Å². The number of nitrogens with zero attached hydrogens (tertiary/aromatic N) is 5. The zero-order chi connectivity index (χ0) is 16.4. The summed E-state index contributed by atoms with van der Waals surface area (Å²) in [7, 11) is 0. The molecule has 0 saturated heterocycles. The van der Waals surface area contributed by atoms with Crippen molar-refractivity contribution in [2.24, 2.45) is 10.3 Å². The van der Waals surface area contributed by atoms with Crippen molar-refractivity contribution in [2.75, 3.05) is 11.6 Å². The van der Waals surface area contributed by atoms with E-state index in [9.17, 15) is 20.2 Å². The van der Waals surface area contributed by atoms with E-state index in [-0.39, 0.29) is 17.4 Å². The van der Waals surface area contributed by atoms with Gasteiger partial charge in [0.25, 0.3) is 11.4 Å². The molecule has 1 heterocycles. The monoisotopic (exact) mass is 313 g/mol. The fourth-order valence-electron chi connectivity index (χ4n) is 2.35. The first-order chi connectivity index (χ1) is 11.1. The van der Waals surface area contributed by atoms with Crippen LogP contribution in [0.1, 0.15) is 11.6 Å². The van der Waals surface area contributed by atoms with E-state index in [0.717, 1.165) is 5.56 Å². The van der Waals surface area contributed by atoms with Crippen molar-refractivity contribution in [3.05, 3.63) is 74.3 Å². The summed E-state index contributed by atoms with van der Waals surface area (Å²) in [4.78, 5) is 20.5. The predicted octanol–water partition coefficient (Wildman–Crippen LogP) is 3.43. The molecule has 2 aromatic rings. The summed E-state index contributed by atoms with van der Waals surface area (Å²) in [6, 6.07) is 12.0. The molecule has 2 aromatic carbocycles. The van der Waals surface area contributed by atoms with E-state index in [1.165, 1.54) is 24.3 Å². The van der Waals surface area contributed by atoms with Crippen molar-refractivity contribution in [3.63, 3.8) is 0 Å². The zero-order valence-electron chi connectivity index (χ0n) is 11.8. The van der Waals surface area contributed by atoms with Gasteiger partial charge in [0.2, 0.25) is 0 Å². The number of nitro benzene ring substituents is 2. The first-order valence-corrected chi connectivity index (χ1v) is 6.72. The van der Waals surface area contributed by atoms with Crippen LogP contribution in [-0.2, 0) is 0 Å². The third-order valence-electron chi connectivity index (χ3n) is 3.52. The van der Waals surface area contributed by atoms with E-state index in [1.807, 2.05) is 0 Å². The van der Waals surface area contributed by atoms with Gasteiger partial charge >= 0.3 is 0 Å². The topological polar surface area (TPSA) is 114 Å². The molecule has 0 aromatic heterocycles. The number of hydrogen-bond donors (Lipinski definition) is 0. The highest BCUT2D eigenvalue weighted by atomic mass is 16.6. The van der Waals surface area contributed by atoms with Crippen molar-refractivity contribution in [2.45, 2.75) is 6.04 Å². The number of benzene rings is 2. The summed E-state index contributed by atoms with van der Waals surface area (Å²) in [5.41, 5.74) is 1.51. The van der Waals surface area contributed by atoms with Gasteiger partial charge in [0.1, 0.15) is 6.04 Å². The molecule has 1 aliphatic heterocycles. The largest absolute Gasteiger partial charge is 0.269 e. The van der Waals surface area contributed by atoms with E-state index in [4.69, 9.17) is 0 Å². The first-order valence-electron chi connectivity index (χ1n) is 6.72. The molecule has 3 rings (SSSR count). The summed E-state index contributed by atoms with van der Waals surface area (Å²) in [6.45, 7) is 0.412. The summed E-state index contributed by atoms with van der Waals surface area (Å²) in [5.74, 6) is 0. The van der Waals surface area contributed by atoms with Crippen LogP contribution >= 0.6 is 0 Å². The van der Waals surface area contributed by atoms with Gasteiger partial charge in [0.05, 0.1) is 22.1 Å². The van der Waals surface area contributed by atoms with E-state index in [2.05, 4.69) is 10.3 Å². The molecule has 9 nitrogen and oxygen atoms in total. The van der Waals surface area contributed by atoms with Crippen LogP contribution in [0, 0.1) is 20.2 Å². The SMILES string of the molecule is O=[N+]([O-])c1ccc(C2CN=NN2c2ccc([N+](=O)[O-])cc2)cc1. The fraction of sp³-hybridized carbons (Fsp3) is 0.143. The van der Waals surface area contributed by atoms with Gasteiger partial charge in [-0.25, -0.2) is 5.01 Å². The highest BCUT2D eigenvalue weighted by Crippen LogP contribution is 2.33. The Hall–Kier alpha value is -3.36. The molecule has 1 aliphatic rings. The maximum atomic E-state index is 10.7. The van der Waals surface area contributed by atoms with Gasteiger partial charge in [-0.3, -0.25) is 20.2 Å². The van der Waals surface area contributed by atoms with E-state index >= 15 is 0 Å². The Bertz CT molecular complexity index is 773. The average molecular weight is 313 g/mol. The molecule has 1 atom stereocenters. The summed E-state index contributed by atoms with van der Waals surface area (Å²) < 4.78 is 0. The molecule has 9 heteroatoms. The van der Waals surface area contributed by atoms with Crippen LogP contribution in [0.4, 0.5) is 17.1 Å². The fourth-order valence-corrected chi connectivity index (χ4v) is 2.35. The number of anilines is 1. The Balaban J connectivity index is 1.85. The summed E-state index contributed by atoms with van der Waals surface area (Å²) >= 11 is 0. The standard InChI is InChI=1S/C14H11N5O4/c20-18(21)12-3-1-10(2-4-12)14-9-15-16-17(14)11-5-7-13(8-6-11)19(22)23/h1-8,14H,9H2. The molecular weight excluding hydrogens is 302 g/mol. The van der Waals surface area contributed by atoms with E-state index in [0.29, 0.717) is 12.2 Å². The molecule has 116 valence electrons. The third kappa shape index (κ3) is 2.84. The Kier molecular flexibility index (Phi) is 3.67. The molecule has 0 aliphatic carbocycles. The summed E-state index contributed by atoms with van der Waals surface area (Å²) in [5, 5.41) is 31.1. The molecule has 1 unspecified atom stereocenters. The van der Waals surface area contributed by atoms with Crippen LogP contribution in [0.3, 0.4) is 0 Å². The second kappa shape index (κ2) is 5.79. The van der Waals surface area contributed by atoms with Crippen molar-refractivity contribution in [1.29, 1.82) is 0 Å². The van der Waals surface area contributed by atoms with Gasteiger partial charge in [-0.15, -0.1) is 0 Å². The Morgan fingerprint density at radius 2 is 1.43 bits per heavy atom. The Morgan fingerprint density at radius 1 is 0.913 bits per heavy atom. The van der Waals surface area contributed by atoms with Crippen LogP contribution in [0.5, 0.6) is 0 Å². The average Bonchev–Trinajstić information content (AvgIpc) is 3.04. The smallest absolute Gasteiger partial charge is 0.258 e. The minimum atomic E-state index is -0.469. The number of rotatable bonds is 4. The zero-order valence-corrected chi connectivity index (χ0v) is 11.8. The first kappa shape index (κ1) is 14.6. The molecular formula is C14H11N5O4. The predicted molar refractivity (Wildman–Crippen MR) is 81.1 cm³/mol. The molecule has 0 saturated carbocycles. The number of hydrogen-bond acceptors (Lipinski definition) is 7. The van der Waals surface area contributed by atoms with Crippen LogP contribution < -0.4 is 5.01 Å². The molecule has 23 heavy (non-hydrogen) atoms. The van der Waals surface area contributed by atoms with Crippen molar-refractivity contribution in [3.8, 4) is 0 Å².